The van der Waals surface area contributed by atoms with Crippen molar-refractivity contribution in [2.24, 2.45) is 5.73 Å². The topological polar surface area (TPSA) is 64.3 Å². The van der Waals surface area contributed by atoms with E-state index < -0.39 is 0 Å². The van der Waals surface area contributed by atoms with Gasteiger partial charge in [-0.1, -0.05) is 31.3 Å². The first-order chi connectivity index (χ1) is 10.2. The monoisotopic (exact) mass is 288 g/mol. The van der Waals surface area contributed by atoms with E-state index >= 15 is 0 Å². The van der Waals surface area contributed by atoms with Gasteiger partial charge in [0.1, 0.15) is 0 Å². The van der Waals surface area contributed by atoms with E-state index in [9.17, 15) is 4.79 Å². The molecule has 1 rings (SSSR count). The second kappa shape index (κ2) is 9.98. The van der Waals surface area contributed by atoms with E-state index in [1.807, 2.05) is 19.1 Å². The lowest BCUT2D eigenvalue weighted by atomic mass is 10.0. The zero-order valence-corrected chi connectivity index (χ0v) is 12.9. The molecule has 114 valence electrons. The van der Waals surface area contributed by atoms with Gasteiger partial charge >= 0.3 is 0 Å². The predicted molar refractivity (Wildman–Crippen MR) is 85.2 cm³/mol. The van der Waals surface area contributed by atoms with Gasteiger partial charge in [-0.05, 0) is 31.0 Å². The van der Waals surface area contributed by atoms with Crippen LogP contribution in [0.1, 0.15) is 41.3 Å². The van der Waals surface area contributed by atoms with Gasteiger partial charge in [-0.3, -0.25) is 4.79 Å². The summed E-state index contributed by atoms with van der Waals surface area (Å²) >= 11 is 0. The largest absolute Gasteiger partial charge is 0.380 e. The van der Waals surface area contributed by atoms with Crippen LogP contribution in [0, 0.1) is 18.8 Å². The molecule has 0 spiro atoms. The summed E-state index contributed by atoms with van der Waals surface area (Å²) in [6.07, 6.45) is 2.16. The zero-order chi connectivity index (χ0) is 15.5. The number of rotatable bonds is 7. The smallest absolute Gasteiger partial charge is 0.251 e. The van der Waals surface area contributed by atoms with Gasteiger partial charge in [0.25, 0.3) is 5.91 Å². The van der Waals surface area contributed by atoms with Crippen LogP contribution in [0.15, 0.2) is 18.2 Å². The van der Waals surface area contributed by atoms with E-state index in [0.29, 0.717) is 25.3 Å². The van der Waals surface area contributed by atoms with Crippen molar-refractivity contribution in [3.8, 4) is 11.8 Å². The highest BCUT2D eigenvalue weighted by Crippen LogP contribution is 2.10. The van der Waals surface area contributed by atoms with E-state index in [1.54, 1.807) is 6.07 Å². The number of amides is 1. The highest BCUT2D eigenvalue weighted by Gasteiger charge is 2.08. The SMILES string of the molecule is CCCCOCCNC(=O)c1cc(C#CCN)ccc1C. The Bertz CT molecular complexity index is 515. The van der Waals surface area contributed by atoms with Crippen LogP contribution in [-0.4, -0.2) is 32.2 Å². The lowest BCUT2D eigenvalue weighted by Crippen LogP contribution is -2.28. The second-order valence-corrected chi connectivity index (χ2v) is 4.76. The molecule has 0 bridgehead atoms. The molecule has 0 aliphatic carbocycles. The standard InChI is InChI=1S/C17H24N2O2/c1-3-4-11-21-12-10-19-17(20)16-13-15(6-5-9-18)8-7-14(16)2/h7-8,13H,3-4,9-12,18H2,1-2H3,(H,19,20). The van der Waals surface area contributed by atoms with Gasteiger partial charge in [0.05, 0.1) is 13.2 Å². The Morgan fingerprint density at radius 2 is 2.19 bits per heavy atom. The molecule has 0 unspecified atom stereocenters. The number of carbonyl (C=O) groups excluding carboxylic acids is 1. The Hall–Kier alpha value is -1.83. The summed E-state index contributed by atoms with van der Waals surface area (Å²) in [6.45, 7) is 6.14. The molecule has 21 heavy (non-hydrogen) atoms. The molecule has 0 heterocycles. The number of nitrogens with one attached hydrogen (secondary N) is 1. The Labute approximate surface area is 127 Å². The van der Waals surface area contributed by atoms with Crippen LogP contribution in [0.25, 0.3) is 0 Å². The van der Waals surface area contributed by atoms with Crippen molar-refractivity contribution in [3.63, 3.8) is 0 Å². The van der Waals surface area contributed by atoms with E-state index in [0.717, 1.165) is 30.6 Å². The summed E-state index contributed by atoms with van der Waals surface area (Å²) in [7, 11) is 0. The molecule has 0 aliphatic heterocycles. The molecule has 0 aliphatic rings. The highest BCUT2D eigenvalue weighted by molar-refractivity contribution is 5.96. The van der Waals surface area contributed by atoms with Crippen LogP contribution in [0.4, 0.5) is 0 Å². The van der Waals surface area contributed by atoms with Crippen LogP contribution < -0.4 is 11.1 Å². The fourth-order valence-electron chi connectivity index (χ4n) is 1.78. The van der Waals surface area contributed by atoms with Crippen molar-refractivity contribution < 1.29 is 9.53 Å². The normalized spacial score (nSPS) is 9.86. The summed E-state index contributed by atoms with van der Waals surface area (Å²) in [4.78, 5) is 12.1. The van der Waals surface area contributed by atoms with E-state index in [1.165, 1.54) is 0 Å². The van der Waals surface area contributed by atoms with Gasteiger partial charge in [-0.2, -0.15) is 0 Å². The summed E-state index contributed by atoms with van der Waals surface area (Å²) < 4.78 is 5.42. The molecule has 1 amide bonds. The summed E-state index contributed by atoms with van der Waals surface area (Å²) in [5.74, 6) is 5.63. The molecular formula is C17H24N2O2. The minimum absolute atomic E-state index is 0.0945. The molecule has 1 aromatic rings. The minimum atomic E-state index is -0.0945. The maximum atomic E-state index is 12.1. The number of hydrogen-bond donors (Lipinski definition) is 2. The number of ether oxygens (including phenoxy) is 1. The summed E-state index contributed by atoms with van der Waals surface area (Å²) in [5, 5.41) is 2.86. The maximum absolute atomic E-state index is 12.1. The van der Waals surface area contributed by atoms with Crippen LogP contribution in [0.5, 0.6) is 0 Å². The van der Waals surface area contributed by atoms with Gasteiger partial charge in [-0.25, -0.2) is 0 Å². The van der Waals surface area contributed by atoms with Crippen molar-refractivity contribution in [1.82, 2.24) is 5.32 Å². The second-order valence-electron chi connectivity index (χ2n) is 4.76. The molecule has 0 saturated carbocycles. The maximum Gasteiger partial charge on any atom is 0.251 e. The third-order valence-electron chi connectivity index (χ3n) is 2.99. The molecule has 4 heteroatoms. The van der Waals surface area contributed by atoms with Gasteiger partial charge in [0, 0.05) is 24.3 Å². The van der Waals surface area contributed by atoms with Crippen LogP contribution in [-0.2, 0) is 4.74 Å². The fourth-order valence-corrected chi connectivity index (χ4v) is 1.78. The number of aryl methyl sites for hydroxylation is 1. The van der Waals surface area contributed by atoms with Crippen LogP contribution in [0.2, 0.25) is 0 Å². The third-order valence-corrected chi connectivity index (χ3v) is 2.99. The van der Waals surface area contributed by atoms with Crippen molar-refractivity contribution in [3.05, 3.63) is 34.9 Å². The lowest BCUT2D eigenvalue weighted by Gasteiger charge is -2.08. The van der Waals surface area contributed by atoms with Gasteiger partial charge in [0.15, 0.2) is 0 Å². The van der Waals surface area contributed by atoms with Gasteiger partial charge < -0.3 is 15.8 Å². The molecule has 0 saturated heterocycles. The van der Waals surface area contributed by atoms with Gasteiger partial charge in [-0.15, -0.1) is 0 Å². The Kier molecular flexibility index (Phi) is 8.18. The fraction of sp³-hybridized carbons (Fsp3) is 0.471. The summed E-state index contributed by atoms with van der Waals surface area (Å²) in [6, 6.07) is 5.58. The van der Waals surface area contributed by atoms with E-state index in [2.05, 4.69) is 24.1 Å². The molecule has 0 radical (unpaired) electrons. The predicted octanol–water partition coefficient (Wildman–Crippen LogP) is 1.85. The number of hydrogen-bond acceptors (Lipinski definition) is 3. The van der Waals surface area contributed by atoms with Crippen molar-refractivity contribution >= 4 is 5.91 Å². The molecular weight excluding hydrogens is 264 g/mol. The molecule has 0 aromatic heterocycles. The molecule has 0 fully saturated rings. The van der Waals surface area contributed by atoms with Gasteiger partial charge in [0.2, 0.25) is 0 Å². The van der Waals surface area contributed by atoms with Crippen LogP contribution >= 0.6 is 0 Å². The number of carbonyl (C=O) groups is 1. The number of unbranched alkanes of at least 4 members (excludes halogenated alkanes) is 1. The minimum Gasteiger partial charge on any atom is -0.380 e. The molecule has 1 aromatic carbocycles. The summed E-state index contributed by atoms with van der Waals surface area (Å²) in [5.41, 5.74) is 7.73. The lowest BCUT2D eigenvalue weighted by molar-refractivity contribution is 0.0912. The Morgan fingerprint density at radius 3 is 2.90 bits per heavy atom. The third kappa shape index (κ3) is 6.44. The first-order valence-corrected chi connectivity index (χ1v) is 7.34. The Morgan fingerprint density at radius 1 is 1.38 bits per heavy atom. The zero-order valence-electron chi connectivity index (χ0n) is 12.9. The number of benzene rings is 1. The first kappa shape index (κ1) is 17.2. The van der Waals surface area contributed by atoms with Crippen molar-refractivity contribution in [2.75, 3.05) is 26.3 Å². The van der Waals surface area contributed by atoms with Crippen LogP contribution in [0.3, 0.4) is 0 Å². The van der Waals surface area contributed by atoms with Crippen molar-refractivity contribution in [1.29, 1.82) is 0 Å². The molecule has 3 N–H and O–H groups in total. The van der Waals surface area contributed by atoms with E-state index in [-0.39, 0.29) is 5.91 Å². The quantitative estimate of drug-likeness (QED) is 0.594. The molecule has 4 nitrogen and oxygen atoms in total. The Balaban J connectivity index is 2.53. The number of nitrogens with two attached hydrogens (primary N) is 1. The average molecular weight is 288 g/mol. The van der Waals surface area contributed by atoms with E-state index in [4.69, 9.17) is 10.5 Å². The van der Waals surface area contributed by atoms with Crippen molar-refractivity contribution in [2.45, 2.75) is 26.7 Å². The average Bonchev–Trinajstić information content (AvgIpc) is 2.49. The first-order valence-electron chi connectivity index (χ1n) is 7.34. The highest BCUT2D eigenvalue weighted by atomic mass is 16.5. The molecule has 0 atom stereocenters.